The SMILES string of the molecule is CCCCCCCCCCCCCCCCCC[Si](C)(O[Si](C)(C)C)O[Si](C)(CCC(F)(F)C(F)(F)C(F)(F)C(F)(F)C(F)(F)C(F)(F)C(F)(F)C(F)(F)C(F)(F)F)O[Si](C)(C)O[Si](C)(C)C. The number of hydrogen-bond donors (Lipinski definition) is 0. The molecule has 0 radical (unpaired) electrons. The van der Waals surface area contributed by atoms with Crippen LogP contribution in [0, 0.1) is 0 Å². The first kappa shape index (κ1) is 66.6. The van der Waals surface area contributed by atoms with Crippen LogP contribution in [-0.4, -0.2) is 95.9 Å². The minimum atomic E-state index is -8.98. The average molecular weight is 1110 g/mol. The van der Waals surface area contributed by atoms with Crippen LogP contribution < -0.4 is 0 Å². The molecule has 0 saturated carbocycles. The smallest absolute Gasteiger partial charge is 0.437 e. The lowest BCUT2D eigenvalue weighted by Gasteiger charge is -2.45. The largest absolute Gasteiger partial charge is 0.460 e. The van der Waals surface area contributed by atoms with Gasteiger partial charge in [-0.25, -0.2) is 0 Å². The maximum absolute atomic E-state index is 15.4. The second-order valence-corrected chi connectivity index (χ2v) is 40.1. The van der Waals surface area contributed by atoms with Gasteiger partial charge in [-0.05, 0) is 77.6 Å². The van der Waals surface area contributed by atoms with Gasteiger partial charge in [0.1, 0.15) is 0 Å². The van der Waals surface area contributed by atoms with Gasteiger partial charge in [-0.1, -0.05) is 110 Å². The molecule has 0 aromatic rings. The van der Waals surface area contributed by atoms with Gasteiger partial charge in [-0.3, -0.25) is 0 Å². The van der Waals surface area contributed by atoms with E-state index in [1.165, 1.54) is 71.0 Å². The Morgan fingerprint density at radius 3 is 0.896 bits per heavy atom. The predicted octanol–water partition coefficient (Wildman–Crippen LogP) is 17.9. The van der Waals surface area contributed by atoms with Crippen LogP contribution >= 0.6 is 0 Å². The lowest BCUT2D eigenvalue weighted by Crippen LogP contribution is -2.75. The molecule has 0 aliphatic rings. The van der Waals surface area contributed by atoms with Gasteiger partial charge in [-0.2, -0.15) is 83.4 Å². The summed E-state index contributed by atoms with van der Waals surface area (Å²) in [4.78, 5) is 0. The summed E-state index contributed by atoms with van der Waals surface area (Å²) >= 11 is 0. The van der Waals surface area contributed by atoms with Crippen molar-refractivity contribution >= 4 is 42.3 Å². The van der Waals surface area contributed by atoms with Crippen LogP contribution in [0.2, 0.25) is 77.6 Å². The minimum Gasteiger partial charge on any atom is -0.437 e. The third-order valence-corrected chi connectivity index (χ3v) is 28.7. The molecule has 0 saturated heterocycles. The molecule has 0 heterocycles. The molecule has 404 valence electrons. The van der Waals surface area contributed by atoms with Crippen LogP contribution in [0.4, 0.5) is 83.4 Å². The zero-order valence-electron chi connectivity index (χ0n) is 40.2. The first-order valence-electron chi connectivity index (χ1n) is 22.5. The van der Waals surface area contributed by atoms with E-state index in [2.05, 4.69) is 6.92 Å². The van der Waals surface area contributed by atoms with Crippen molar-refractivity contribution in [1.82, 2.24) is 0 Å². The van der Waals surface area contributed by atoms with E-state index in [4.69, 9.17) is 16.5 Å². The van der Waals surface area contributed by atoms with Crippen molar-refractivity contribution in [3.05, 3.63) is 0 Å². The molecule has 0 aromatic carbocycles. The normalized spacial score (nSPS) is 16.9. The van der Waals surface area contributed by atoms with Gasteiger partial charge in [-0.15, -0.1) is 0 Å². The van der Waals surface area contributed by atoms with E-state index in [0.29, 0.717) is 12.8 Å². The van der Waals surface area contributed by atoms with E-state index < -0.39 is 108 Å². The molecule has 0 rings (SSSR count). The summed E-state index contributed by atoms with van der Waals surface area (Å²) < 4.78 is 293. The monoisotopic (exact) mass is 1100 g/mol. The van der Waals surface area contributed by atoms with Crippen LogP contribution in [0.25, 0.3) is 0 Å². The number of rotatable bonds is 35. The van der Waals surface area contributed by atoms with E-state index in [0.717, 1.165) is 45.1 Å². The summed E-state index contributed by atoms with van der Waals surface area (Å²) in [6.07, 6.45) is 6.08. The van der Waals surface area contributed by atoms with Crippen LogP contribution in [0.15, 0.2) is 0 Å². The van der Waals surface area contributed by atoms with Gasteiger partial charge in [0.15, 0.2) is 16.6 Å². The number of unbranched alkanes of at least 4 members (excludes halogenated alkanes) is 15. The molecule has 0 amide bonds. The lowest BCUT2D eigenvalue weighted by atomic mass is 9.87. The summed E-state index contributed by atoms with van der Waals surface area (Å²) in [7, 11) is -17.2. The number of alkyl halides is 19. The summed E-state index contributed by atoms with van der Waals surface area (Å²) in [5.41, 5.74) is 0. The fourth-order valence-electron chi connectivity index (χ4n) is 7.56. The number of halogens is 19. The molecule has 4 nitrogen and oxygen atoms in total. The first-order valence-corrected chi connectivity index (χ1v) is 37.2. The topological polar surface area (TPSA) is 36.9 Å². The van der Waals surface area contributed by atoms with Crippen molar-refractivity contribution in [1.29, 1.82) is 0 Å². The first-order chi connectivity index (χ1) is 29.6. The molecule has 0 fully saturated rings. The molecule has 0 N–H and O–H groups in total. The van der Waals surface area contributed by atoms with E-state index in [1.54, 1.807) is 39.3 Å². The molecule has 0 spiro atoms. The predicted molar refractivity (Wildman–Crippen MR) is 231 cm³/mol. The fourth-order valence-corrected chi connectivity index (χ4v) is 31.4. The summed E-state index contributed by atoms with van der Waals surface area (Å²) in [5.74, 6) is -67.0. The van der Waals surface area contributed by atoms with Gasteiger partial charge in [0.05, 0.1) is 0 Å². The highest BCUT2D eigenvalue weighted by molar-refractivity contribution is 6.90. The Labute approximate surface area is 388 Å². The zero-order chi connectivity index (χ0) is 53.3. The summed E-state index contributed by atoms with van der Waals surface area (Å²) in [6, 6.07) is -1.40. The van der Waals surface area contributed by atoms with Crippen molar-refractivity contribution < 1.29 is 99.9 Å². The molecule has 0 aliphatic heterocycles. The molecular weight excluding hydrogens is 1030 g/mol. The maximum atomic E-state index is 15.4. The summed E-state index contributed by atoms with van der Waals surface area (Å²) in [6.45, 7) is 17.6. The van der Waals surface area contributed by atoms with Gasteiger partial charge in [0, 0.05) is 6.42 Å². The van der Waals surface area contributed by atoms with Crippen LogP contribution in [0.1, 0.15) is 116 Å². The van der Waals surface area contributed by atoms with Crippen LogP contribution in [0.5, 0.6) is 0 Å². The average Bonchev–Trinajstić information content (AvgIpc) is 3.10. The Hall–Kier alpha value is -0.406. The van der Waals surface area contributed by atoms with Gasteiger partial charge in [0.25, 0.3) is 0 Å². The quantitative estimate of drug-likeness (QED) is 0.0360. The molecule has 2 unspecified atom stereocenters. The second kappa shape index (κ2) is 24.1. The highest BCUT2D eigenvalue weighted by atomic mass is 28.5. The van der Waals surface area contributed by atoms with Crippen LogP contribution in [0.3, 0.4) is 0 Å². The van der Waals surface area contributed by atoms with Crippen molar-refractivity contribution in [3.63, 3.8) is 0 Å². The molecule has 0 aliphatic carbocycles. The van der Waals surface area contributed by atoms with E-state index in [-0.39, 0.29) is 6.04 Å². The Bertz CT molecular complexity index is 1480. The van der Waals surface area contributed by atoms with Crippen LogP contribution in [-0.2, 0) is 16.5 Å². The fraction of sp³-hybridized carbons (Fsp3) is 1.00. The Morgan fingerprint density at radius 1 is 0.299 bits per heavy atom. The van der Waals surface area contributed by atoms with E-state index in [9.17, 15) is 65.9 Å². The zero-order valence-corrected chi connectivity index (χ0v) is 45.2. The van der Waals surface area contributed by atoms with Gasteiger partial charge in [0.2, 0.25) is 0 Å². The van der Waals surface area contributed by atoms with Crippen molar-refractivity contribution in [2.45, 2.75) is 247 Å². The molecular formula is C39H71F19O4Si5. The standard InChI is InChI=1S/C39H71F19O4Si5/c1-12-13-14-15-16-17-18-19-20-21-22-23-24-25-26-27-29-66(10,60-64(5,6)7)62-67(11,61-65(8,9)59-63(2,3)4)30-28-31(40,41)32(42,43)33(44,45)34(46,47)35(48,49)36(50,51)37(52,53)38(54,55)39(56,57)58/h12-30H2,1-11H3. The van der Waals surface area contributed by atoms with Crippen molar-refractivity contribution in [3.8, 4) is 0 Å². The highest BCUT2D eigenvalue weighted by Gasteiger charge is 2.96. The third-order valence-electron chi connectivity index (χ3n) is 10.5. The highest BCUT2D eigenvalue weighted by Crippen LogP contribution is 2.65. The van der Waals surface area contributed by atoms with Crippen molar-refractivity contribution in [2.75, 3.05) is 0 Å². The number of hydrogen-bond acceptors (Lipinski definition) is 4. The lowest BCUT2D eigenvalue weighted by molar-refractivity contribution is -0.468. The molecule has 0 aromatic heterocycles. The van der Waals surface area contributed by atoms with E-state index in [1.807, 2.05) is 0 Å². The van der Waals surface area contributed by atoms with Crippen molar-refractivity contribution in [2.24, 2.45) is 0 Å². The van der Waals surface area contributed by atoms with Gasteiger partial charge < -0.3 is 16.5 Å². The molecule has 67 heavy (non-hydrogen) atoms. The maximum Gasteiger partial charge on any atom is 0.460 e. The molecule has 0 bridgehead atoms. The summed E-state index contributed by atoms with van der Waals surface area (Å²) in [5, 5.41) is 0. The molecule has 28 heteroatoms. The van der Waals surface area contributed by atoms with E-state index >= 15 is 17.6 Å². The Balaban J connectivity index is 6.52. The second-order valence-electron chi connectivity index (χ2n) is 20.1. The van der Waals surface area contributed by atoms with Gasteiger partial charge >= 0.3 is 79.2 Å². The third kappa shape index (κ3) is 17.9. The molecule has 2 atom stereocenters. The minimum absolute atomic E-state index is 0.149. The Kier molecular flexibility index (Phi) is 23.9. The Morgan fingerprint density at radius 2 is 0.582 bits per heavy atom.